The lowest BCUT2D eigenvalue weighted by Gasteiger charge is -2.26. The van der Waals surface area contributed by atoms with Crippen molar-refractivity contribution in [2.24, 2.45) is 5.92 Å². The van der Waals surface area contributed by atoms with Gasteiger partial charge in [-0.1, -0.05) is 32.9 Å². The third kappa shape index (κ3) is 3.71. The summed E-state index contributed by atoms with van der Waals surface area (Å²) >= 11 is 0. The number of rotatable bonds is 7. The van der Waals surface area contributed by atoms with Crippen molar-refractivity contribution in [3.63, 3.8) is 0 Å². The average Bonchev–Trinajstić information content (AvgIpc) is 2.43. The van der Waals surface area contributed by atoms with Gasteiger partial charge in [0.15, 0.2) is 0 Å². The van der Waals surface area contributed by atoms with Crippen LogP contribution in [0.1, 0.15) is 50.3 Å². The summed E-state index contributed by atoms with van der Waals surface area (Å²) in [5, 5.41) is 12.8. The molecule has 3 heteroatoms. The summed E-state index contributed by atoms with van der Waals surface area (Å²) in [7, 11) is 3.63. The summed E-state index contributed by atoms with van der Waals surface area (Å²) in [6.07, 6.45) is 0.928. The van der Waals surface area contributed by atoms with Crippen molar-refractivity contribution >= 4 is 0 Å². The molecule has 19 heavy (non-hydrogen) atoms. The van der Waals surface area contributed by atoms with Gasteiger partial charge >= 0.3 is 0 Å². The molecule has 1 rings (SSSR count). The van der Waals surface area contributed by atoms with Crippen molar-refractivity contribution in [2.45, 2.75) is 39.2 Å². The minimum Gasteiger partial charge on any atom is -0.496 e. The fourth-order valence-electron chi connectivity index (χ4n) is 2.46. The maximum absolute atomic E-state index is 9.51. The number of aliphatic hydroxyl groups excluding tert-OH is 1. The van der Waals surface area contributed by atoms with Crippen molar-refractivity contribution in [2.75, 3.05) is 20.8 Å². The predicted molar refractivity (Wildman–Crippen MR) is 79.8 cm³/mol. The molecule has 0 aliphatic carbocycles. The molecule has 0 saturated heterocycles. The highest BCUT2D eigenvalue weighted by Crippen LogP contribution is 2.33. The first-order valence-electron chi connectivity index (χ1n) is 7.04. The number of hydrogen-bond acceptors (Lipinski definition) is 3. The van der Waals surface area contributed by atoms with Crippen LogP contribution in [-0.4, -0.2) is 25.9 Å². The highest BCUT2D eigenvalue weighted by Gasteiger charge is 2.23. The van der Waals surface area contributed by atoms with Gasteiger partial charge in [-0.2, -0.15) is 0 Å². The third-order valence-corrected chi connectivity index (χ3v) is 3.80. The van der Waals surface area contributed by atoms with E-state index in [9.17, 15) is 5.11 Å². The van der Waals surface area contributed by atoms with E-state index in [-0.39, 0.29) is 18.6 Å². The second-order valence-corrected chi connectivity index (χ2v) is 5.27. The van der Waals surface area contributed by atoms with E-state index in [2.05, 4.69) is 44.3 Å². The quantitative estimate of drug-likeness (QED) is 0.796. The van der Waals surface area contributed by atoms with Gasteiger partial charge in [0, 0.05) is 24.1 Å². The van der Waals surface area contributed by atoms with Gasteiger partial charge in [0.2, 0.25) is 0 Å². The molecule has 0 amide bonds. The molecule has 0 saturated carbocycles. The van der Waals surface area contributed by atoms with Crippen molar-refractivity contribution in [1.82, 2.24) is 5.32 Å². The Morgan fingerprint density at radius 1 is 1.32 bits per heavy atom. The van der Waals surface area contributed by atoms with Gasteiger partial charge in [0.25, 0.3) is 0 Å². The first kappa shape index (κ1) is 16.0. The molecule has 2 unspecified atom stereocenters. The fourth-order valence-corrected chi connectivity index (χ4v) is 2.46. The zero-order valence-corrected chi connectivity index (χ0v) is 12.7. The minimum absolute atomic E-state index is 0.117. The normalized spacial score (nSPS) is 14.5. The number of aliphatic hydroxyl groups is 1. The Morgan fingerprint density at radius 2 is 2.00 bits per heavy atom. The Morgan fingerprint density at radius 3 is 2.42 bits per heavy atom. The van der Waals surface area contributed by atoms with Crippen LogP contribution >= 0.6 is 0 Å². The molecule has 108 valence electrons. The van der Waals surface area contributed by atoms with Crippen LogP contribution in [0.2, 0.25) is 0 Å². The summed E-state index contributed by atoms with van der Waals surface area (Å²) in [6, 6.07) is 6.49. The van der Waals surface area contributed by atoms with Crippen molar-refractivity contribution < 1.29 is 9.84 Å². The molecular formula is C16H27NO2. The SMILES string of the molecule is CCC(CO)C(NC)c1ccc(C(C)C)cc1OC. The van der Waals surface area contributed by atoms with Gasteiger partial charge in [-0.3, -0.25) is 0 Å². The molecule has 2 N–H and O–H groups in total. The van der Waals surface area contributed by atoms with Gasteiger partial charge in [-0.15, -0.1) is 0 Å². The van der Waals surface area contributed by atoms with Crippen LogP contribution in [0.3, 0.4) is 0 Å². The topological polar surface area (TPSA) is 41.5 Å². The van der Waals surface area contributed by atoms with Gasteiger partial charge in [-0.05, 0) is 31.0 Å². The molecule has 2 atom stereocenters. The highest BCUT2D eigenvalue weighted by atomic mass is 16.5. The zero-order chi connectivity index (χ0) is 14.4. The van der Waals surface area contributed by atoms with E-state index >= 15 is 0 Å². The van der Waals surface area contributed by atoms with Crippen LogP contribution < -0.4 is 10.1 Å². The maximum Gasteiger partial charge on any atom is 0.123 e. The number of hydrogen-bond donors (Lipinski definition) is 2. The molecular weight excluding hydrogens is 238 g/mol. The molecule has 1 aromatic carbocycles. The Balaban J connectivity index is 3.16. The second kappa shape index (κ2) is 7.51. The van der Waals surface area contributed by atoms with Crippen LogP contribution in [0.15, 0.2) is 18.2 Å². The molecule has 0 spiro atoms. The van der Waals surface area contributed by atoms with E-state index in [1.54, 1.807) is 7.11 Å². The van der Waals surface area contributed by atoms with Crippen molar-refractivity contribution in [1.29, 1.82) is 0 Å². The number of nitrogens with one attached hydrogen (secondary N) is 1. The Labute approximate surface area is 117 Å². The lowest BCUT2D eigenvalue weighted by atomic mass is 9.89. The van der Waals surface area contributed by atoms with Gasteiger partial charge in [0.1, 0.15) is 5.75 Å². The monoisotopic (exact) mass is 265 g/mol. The maximum atomic E-state index is 9.51. The Kier molecular flexibility index (Phi) is 6.32. The van der Waals surface area contributed by atoms with Gasteiger partial charge < -0.3 is 15.2 Å². The van der Waals surface area contributed by atoms with E-state index in [1.165, 1.54) is 5.56 Å². The van der Waals surface area contributed by atoms with Crippen LogP contribution in [0.4, 0.5) is 0 Å². The first-order chi connectivity index (χ1) is 9.08. The number of ether oxygens (including phenoxy) is 1. The molecule has 3 nitrogen and oxygen atoms in total. The van der Waals surface area contributed by atoms with Crippen molar-refractivity contribution in [3.05, 3.63) is 29.3 Å². The van der Waals surface area contributed by atoms with Crippen LogP contribution in [-0.2, 0) is 0 Å². The number of benzene rings is 1. The zero-order valence-electron chi connectivity index (χ0n) is 12.7. The van der Waals surface area contributed by atoms with Gasteiger partial charge in [-0.25, -0.2) is 0 Å². The van der Waals surface area contributed by atoms with E-state index in [0.717, 1.165) is 17.7 Å². The smallest absolute Gasteiger partial charge is 0.123 e. The summed E-state index contributed by atoms with van der Waals surface area (Å²) in [5.74, 6) is 1.58. The van der Waals surface area contributed by atoms with Crippen LogP contribution in [0.25, 0.3) is 0 Å². The van der Waals surface area contributed by atoms with Gasteiger partial charge in [0.05, 0.1) is 7.11 Å². The minimum atomic E-state index is 0.117. The second-order valence-electron chi connectivity index (χ2n) is 5.27. The van der Waals surface area contributed by atoms with E-state index in [4.69, 9.17) is 4.74 Å². The highest BCUT2D eigenvalue weighted by molar-refractivity contribution is 5.41. The predicted octanol–water partition coefficient (Wildman–Crippen LogP) is 3.10. The van der Waals surface area contributed by atoms with Crippen LogP contribution in [0.5, 0.6) is 5.75 Å². The molecule has 0 radical (unpaired) electrons. The largest absolute Gasteiger partial charge is 0.496 e. The lowest BCUT2D eigenvalue weighted by Crippen LogP contribution is -2.27. The summed E-state index contributed by atoms with van der Waals surface area (Å²) in [4.78, 5) is 0. The molecule has 0 aliphatic rings. The molecule has 0 fully saturated rings. The third-order valence-electron chi connectivity index (χ3n) is 3.80. The number of methoxy groups -OCH3 is 1. The molecule has 0 aliphatic heterocycles. The van der Waals surface area contributed by atoms with E-state index in [1.807, 2.05) is 7.05 Å². The molecule has 1 aromatic rings. The Bertz CT molecular complexity index is 386. The van der Waals surface area contributed by atoms with Crippen LogP contribution in [0, 0.1) is 5.92 Å². The van der Waals surface area contributed by atoms with E-state index < -0.39 is 0 Å². The summed E-state index contributed by atoms with van der Waals surface area (Å²) < 4.78 is 5.54. The summed E-state index contributed by atoms with van der Waals surface area (Å²) in [5.41, 5.74) is 2.39. The standard InChI is InChI=1S/C16H27NO2/c1-6-12(10-18)16(17-4)14-8-7-13(11(2)3)9-15(14)19-5/h7-9,11-12,16-18H,6,10H2,1-5H3. The Hall–Kier alpha value is -1.06. The van der Waals surface area contributed by atoms with Crippen molar-refractivity contribution in [3.8, 4) is 5.75 Å². The fraction of sp³-hybridized carbons (Fsp3) is 0.625. The lowest BCUT2D eigenvalue weighted by molar-refractivity contribution is 0.187. The van der Waals surface area contributed by atoms with E-state index in [0.29, 0.717) is 5.92 Å². The first-order valence-corrected chi connectivity index (χ1v) is 7.04. The summed E-state index contributed by atoms with van der Waals surface area (Å²) in [6.45, 7) is 6.62. The molecule has 0 aromatic heterocycles. The average molecular weight is 265 g/mol. The molecule has 0 heterocycles. The molecule has 0 bridgehead atoms.